The maximum atomic E-state index is 13.0. The third kappa shape index (κ3) is 4.98. The lowest BCUT2D eigenvalue weighted by molar-refractivity contribution is -0.117. The predicted octanol–water partition coefficient (Wildman–Crippen LogP) is 2.65. The van der Waals surface area contributed by atoms with Crippen LogP contribution in [0.1, 0.15) is 32.3 Å². The van der Waals surface area contributed by atoms with E-state index in [1.165, 1.54) is 12.1 Å². The molecule has 0 aliphatic carbocycles. The van der Waals surface area contributed by atoms with Crippen LogP contribution in [0.15, 0.2) is 18.2 Å². The fourth-order valence-corrected chi connectivity index (χ4v) is 2.11. The largest absolute Gasteiger partial charge is 0.330 e. The van der Waals surface area contributed by atoms with Crippen LogP contribution in [-0.2, 0) is 4.79 Å². The molecule has 20 heavy (non-hydrogen) atoms. The number of carbonyl (C=O) groups excluding carboxylic acids is 1. The molecule has 0 spiro atoms. The summed E-state index contributed by atoms with van der Waals surface area (Å²) in [6.07, 6.45) is 1.18. The third-order valence-corrected chi connectivity index (χ3v) is 2.99. The molecular weight excluding hydrogens is 257 g/mol. The zero-order chi connectivity index (χ0) is 15.1. The highest BCUT2D eigenvalue weighted by molar-refractivity contribution is 5.92. The summed E-state index contributed by atoms with van der Waals surface area (Å²) in [4.78, 5) is 11.9. The van der Waals surface area contributed by atoms with Crippen molar-refractivity contribution in [3.8, 4) is 6.07 Å². The summed E-state index contributed by atoms with van der Waals surface area (Å²) in [6, 6.07) is 5.57. The molecule has 1 amide bonds. The maximum Gasteiger partial charge on any atom is 0.224 e. The zero-order valence-electron chi connectivity index (χ0n) is 11.8. The number of halogens is 1. The van der Waals surface area contributed by atoms with E-state index in [0.29, 0.717) is 24.6 Å². The number of nitrogens with two attached hydrogens (primary N) is 1. The highest BCUT2D eigenvalue weighted by Crippen LogP contribution is 2.19. The molecule has 0 unspecified atom stereocenters. The number of amides is 1. The number of hydrogen-bond acceptors (Lipinski definition) is 3. The molecule has 5 heteroatoms. The summed E-state index contributed by atoms with van der Waals surface area (Å²) in [7, 11) is 0. The Kier molecular flexibility index (Phi) is 6.13. The Bertz CT molecular complexity index is 508. The van der Waals surface area contributed by atoms with Crippen LogP contribution in [0.5, 0.6) is 0 Å². The molecule has 1 aromatic rings. The minimum absolute atomic E-state index is 0.112. The number of carbonyl (C=O) groups is 1. The second-order valence-electron chi connectivity index (χ2n) is 5.29. The smallest absolute Gasteiger partial charge is 0.224 e. The number of nitrogens with zero attached hydrogens (tertiary/aromatic N) is 1. The van der Waals surface area contributed by atoms with Gasteiger partial charge in [0.1, 0.15) is 11.9 Å². The number of hydrogen-bond donors (Lipinski definition) is 2. The average molecular weight is 277 g/mol. The fourth-order valence-electron chi connectivity index (χ4n) is 2.11. The van der Waals surface area contributed by atoms with Crippen LogP contribution in [-0.4, -0.2) is 12.5 Å². The molecule has 3 N–H and O–H groups in total. The first-order chi connectivity index (χ1) is 9.46. The van der Waals surface area contributed by atoms with Crippen LogP contribution < -0.4 is 11.1 Å². The van der Waals surface area contributed by atoms with Crippen molar-refractivity contribution in [3.05, 3.63) is 29.6 Å². The Morgan fingerprint density at radius 2 is 2.20 bits per heavy atom. The van der Waals surface area contributed by atoms with E-state index in [1.807, 2.05) is 6.07 Å². The Balaban J connectivity index is 2.69. The summed E-state index contributed by atoms with van der Waals surface area (Å²) >= 11 is 0. The number of nitrogens with one attached hydrogen (secondary N) is 1. The quantitative estimate of drug-likeness (QED) is 0.839. The number of rotatable bonds is 6. The molecule has 0 saturated heterocycles. The summed E-state index contributed by atoms with van der Waals surface area (Å²) in [6.45, 7) is 4.60. The van der Waals surface area contributed by atoms with Gasteiger partial charge in [0, 0.05) is 6.42 Å². The predicted molar refractivity (Wildman–Crippen MR) is 76.4 cm³/mol. The maximum absolute atomic E-state index is 13.0. The summed E-state index contributed by atoms with van der Waals surface area (Å²) < 4.78 is 13.0. The molecule has 0 aliphatic rings. The standard InChI is InChI=1S/C15H20FN3O/c1-10(2)5-11(8-17)6-15(20)19-14-4-3-13(16)7-12(14)9-18/h3-4,7,10-11H,5-6,8,17H2,1-2H3,(H,19,20)/t11-/m0/s1. The van der Waals surface area contributed by atoms with Gasteiger partial charge >= 0.3 is 0 Å². The number of benzene rings is 1. The van der Waals surface area contributed by atoms with E-state index >= 15 is 0 Å². The van der Waals surface area contributed by atoms with Crippen LogP contribution in [0.4, 0.5) is 10.1 Å². The Labute approximate surface area is 118 Å². The van der Waals surface area contributed by atoms with Gasteiger partial charge in [-0.15, -0.1) is 0 Å². The van der Waals surface area contributed by atoms with E-state index < -0.39 is 5.82 Å². The monoisotopic (exact) mass is 277 g/mol. The first kappa shape index (κ1) is 16.1. The van der Waals surface area contributed by atoms with Gasteiger partial charge in [-0.2, -0.15) is 5.26 Å². The SMILES string of the molecule is CC(C)C[C@H](CN)CC(=O)Nc1ccc(F)cc1C#N. The highest BCUT2D eigenvalue weighted by atomic mass is 19.1. The van der Waals surface area contributed by atoms with Gasteiger partial charge in [0.25, 0.3) is 0 Å². The second-order valence-corrected chi connectivity index (χ2v) is 5.29. The lowest BCUT2D eigenvalue weighted by Gasteiger charge is -2.16. The molecule has 0 saturated carbocycles. The Morgan fingerprint density at radius 1 is 1.50 bits per heavy atom. The first-order valence-corrected chi connectivity index (χ1v) is 6.65. The molecule has 1 rings (SSSR count). The minimum Gasteiger partial charge on any atom is -0.330 e. The molecule has 0 bridgehead atoms. The molecule has 0 aromatic heterocycles. The normalized spacial score (nSPS) is 12.0. The first-order valence-electron chi connectivity index (χ1n) is 6.65. The average Bonchev–Trinajstić information content (AvgIpc) is 2.39. The van der Waals surface area contributed by atoms with E-state index in [9.17, 15) is 9.18 Å². The van der Waals surface area contributed by atoms with Gasteiger partial charge < -0.3 is 11.1 Å². The van der Waals surface area contributed by atoms with Crippen molar-refractivity contribution in [2.45, 2.75) is 26.7 Å². The van der Waals surface area contributed by atoms with Crippen LogP contribution in [0, 0.1) is 29.0 Å². The van der Waals surface area contributed by atoms with Gasteiger partial charge in [-0.3, -0.25) is 4.79 Å². The molecule has 1 aromatic carbocycles. The van der Waals surface area contributed by atoms with Crippen molar-refractivity contribution in [1.82, 2.24) is 0 Å². The summed E-state index contributed by atoms with van der Waals surface area (Å²) in [5.41, 5.74) is 6.11. The van der Waals surface area contributed by atoms with Crippen LogP contribution >= 0.6 is 0 Å². The van der Waals surface area contributed by atoms with Crippen molar-refractivity contribution < 1.29 is 9.18 Å². The summed E-state index contributed by atoms with van der Waals surface area (Å²) in [5, 5.41) is 11.6. The molecule has 0 fully saturated rings. The number of nitriles is 1. The molecule has 1 atom stereocenters. The molecule has 108 valence electrons. The molecule has 4 nitrogen and oxygen atoms in total. The topological polar surface area (TPSA) is 78.9 Å². The van der Waals surface area contributed by atoms with Crippen molar-refractivity contribution in [2.75, 3.05) is 11.9 Å². The molecule has 0 aliphatic heterocycles. The van der Waals surface area contributed by atoms with Crippen LogP contribution in [0.2, 0.25) is 0 Å². The molecule has 0 radical (unpaired) electrons. The van der Waals surface area contributed by atoms with Gasteiger partial charge in [0.15, 0.2) is 0 Å². The van der Waals surface area contributed by atoms with E-state index in [2.05, 4.69) is 19.2 Å². The van der Waals surface area contributed by atoms with Crippen molar-refractivity contribution in [2.24, 2.45) is 17.6 Å². The molecular formula is C15H20FN3O. The van der Waals surface area contributed by atoms with E-state index in [4.69, 9.17) is 11.0 Å². The van der Waals surface area contributed by atoms with Gasteiger partial charge in [-0.05, 0) is 43.0 Å². The lowest BCUT2D eigenvalue weighted by atomic mass is 9.94. The Morgan fingerprint density at radius 3 is 2.75 bits per heavy atom. The molecule has 0 heterocycles. The zero-order valence-corrected chi connectivity index (χ0v) is 11.8. The van der Waals surface area contributed by atoms with Gasteiger partial charge in [-0.25, -0.2) is 4.39 Å². The minimum atomic E-state index is -0.501. The highest BCUT2D eigenvalue weighted by Gasteiger charge is 2.15. The summed E-state index contributed by atoms with van der Waals surface area (Å²) in [5.74, 6) is -0.124. The van der Waals surface area contributed by atoms with Crippen molar-refractivity contribution in [1.29, 1.82) is 5.26 Å². The third-order valence-electron chi connectivity index (χ3n) is 2.99. The van der Waals surface area contributed by atoms with E-state index in [1.54, 1.807) is 0 Å². The second kappa shape index (κ2) is 7.61. The van der Waals surface area contributed by atoms with Crippen molar-refractivity contribution >= 4 is 11.6 Å². The fraction of sp³-hybridized carbons (Fsp3) is 0.467. The van der Waals surface area contributed by atoms with Crippen LogP contribution in [0.25, 0.3) is 0 Å². The van der Waals surface area contributed by atoms with E-state index in [-0.39, 0.29) is 17.4 Å². The lowest BCUT2D eigenvalue weighted by Crippen LogP contribution is -2.23. The Hall–Kier alpha value is -1.93. The van der Waals surface area contributed by atoms with Crippen LogP contribution in [0.3, 0.4) is 0 Å². The number of anilines is 1. The van der Waals surface area contributed by atoms with Crippen molar-refractivity contribution in [3.63, 3.8) is 0 Å². The van der Waals surface area contributed by atoms with Gasteiger partial charge in [-0.1, -0.05) is 13.8 Å². The van der Waals surface area contributed by atoms with Gasteiger partial charge in [0.2, 0.25) is 5.91 Å². The van der Waals surface area contributed by atoms with E-state index in [0.717, 1.165) is 12.5 Å². The van der Waals surface area contributed by atoms with Gasteiger partial charge in [0.05, 0.1) is 11.3 Å².